The molecule has 0 fully saturated rings. The smallest absolute Gasteiger partial charge is 0.267 e. The molecular formula is C7H5F2I2NO. The largest absolute Gasteiger partial charge is 0.481 e. The van der Waals surface area contributed by atoms with Gasteiger partial charge in [0.25, 0.3) is 6.43 Å². The second kappa shape index (κ2) is 4.67. The molecule has 1 aromatic heterocycles. The van der Waals surface area contributed by atoms with Crippen LogP contribution in [0.2, 0.25) is 0 Å². The van der Waals surface area contributed by atoms with Crippen LogP contribution in [0.3, 0.4) is 0 Å². The van der Waals surface area contributed by atoms with E-state index in [1.54, 1.807) is 22.6 Å². The highest BCUT2D eigenvalue weighted by atomic mass is 127. The Morgan fingerprint density at radius 1 is 1.46 bits per heavy atom. The molecular weight excluding hydrogens is 406 g/mol. The predicted molar refractivity (Wildman–Crippen MR) is 61.2 cm³/mol. The first-order valence-electron chi connectivity index (χ1n) is 3.24. The van der Waals surface area contributed by atoms with Crippen molar-refractivity contribution in [2.75, 3.05) is 7.11 Å². The second-order valence-corrected chi connectivity index (χ2v) is 4.34. The van der Waals surface area contributed by atoms with Gasteiger partial charge in [-0.3, -0.25) is 0 Å². The van der Waals surface area contributed by atoms with Crippen molar-refractivity contribution in [1.82, 2.24) is 4.98 Å². The molecule has 1 aromatic rings. The number of pyridine rings is 1. The zero-order valence-electron chi connectivity index (χ0n) is 6.52. The van der Waals surface area contributed by atoms with E-state index in [0.29, 0.717) is 9.45 Å². The zero-order chi connectivity index (χ0) is 10.0. The monoisotopic (exact) mass is 411 g/mol. The van der Waals surface area contributed by atoms with Crippen molar-refractivity contribution in [3.8, 4) is 5.88 Å². The van der Waals surface area contributed by atoms with Crippen LogP contribution in [-0.4, -0.2) is 12.1 Å². The molecule has 0 aliphatic carbocycles. The van der Waals surface area contributed by atoms with E-state index in [1.165, 1.54) is 13.2 Å². The molecule has 6 heteroatoms. The van der Waals surface area contributed by atoms with Gasteiger partial charge in [-0.15, -0.1) is 0 Å². The van der Waals surface area contributed by atoms with Crippen molar-refractivity contribution in [1.29, 1.82) is 0 Å². The molecule has 0 radical (unpaired) electrons. The van der Waals surface area contributed by atoms with Crippen LogP contribution in [0.25, 0.3) is 0 Å². The third-order valence-electron chi connectivity index (χ3n) is 1.37. The Kier molecular flexibility index (Phi) is 4.07. The molecule has 0 unspecified atom stereocenters. The number of ether oxygens (including phenoxy) is 1. The van der Waals surface area contributed by atoms with Crippen molar-refractivity contribution < 1.29 is 13.5 Å². The Morgan fingerprint density at radius 2 is 2.08 bits per heavy atom. The van der Waals surface area contributed by atoms with Crippen LogP contribution in [0.15, 0.2) is 6.07 Å². The molecule has 0 aliphatic heterocycles. The number of hydrogen-bond donors (Lipinski definition) is 0. The Balaban J connectivity index is 3.23. The quantitative estimate of drug-likeness (QED) is 0.551. The first-order valence-corrected chi connectivity index (χ1v) is 5.40. The van der Waals surface area contributed by atoms with Crippen molar-refractivity contribution >= 4 is 45.2 Å². The van der Waals surface area contributed by atoms with Crippen molar-refractivity contribution in [3.05, 3.63) is 18.9 Å². The van der Waals surface area contributed by atoms with Gasteiger partial charge in [0, 0.05) is 9.64 Å². The average Bonchev–Trinajstić information content (AvgIpc) is 2.02. The van der Waals surface area contributed by atoms with Gasteiger partial charge in [-0.1, -0.05) is 0 Å². The topological polar surface area (TPSA) is 22.1 Å². The summed E-state index contributed by atoms with van der Waals surface area (Å²) in [5.74, 6) is 0.359. The van der Waals surface area contributed by atoms with Crippen LogP contribution >= 0.6 is 45.2 Å². The number of aromatic nitrogens is 1. The molecule has 0 atom stereocenters. The maximum atomic E-state index is 12.4. The predicted octanol–water partition coefficient (Wildman–Crippen LogP) is 3.24. The van der Waals surface area contributed by atoms with Gasteiger partial charge in [0.05, 0.1) is 12.7 Å². The highest BCUT2D eigenvalue weighted by Crippen LogP contribution is 2.30. The number of halogens is 4. The molecule has 0 bridgehead atoms. The minimum Gasteiger partial charge on any atom is -0.481 e. The maximum Gasteiger partial charge on any atom is 0.267 e. The Labute approximate surface area is 101 Å². The van der Waals surface area contributed by atoms with Crippen LogP contribution < -0.4 is 4.74 Å². The molecule has 0 saturated heterocycles. The number of alkyl halides is 2. The first kappa shape index (κ1) is 11.3. The number of nitrogens with zero attached hydrogens (tertiary/aromatic N) is 1. The number of methoxy groups -OCH3 is 1. The standard InChI is InChI=1S/C7H5F2I2NO/c1-13-4-2-3(10)5(6(8)9)7(11)12-4/h2,6H,1H3. The second-order valence-electron chi connectivity index (χ2n) is 2.15. The lowest BCUT2D eigenvalue weighted by Crippen LogP contribution is -1.99. The Morgan fingerprint density at radius 3 is 2.46 bits per heavy atom. The summed E-state index contributed by atoms with van der Waals surface area (Å²) < 4.78 is 30.5. The molecule has 0 spiro atoms. The van der Waals surface area contributed by atoms with Gasteiger partial charge in [0.15, 0.2) is 0 Å². The van der Waals surface area contributed by atoms with E-state index in [1.807, 2.05) is 22.6 Å². The fourth-order valence-corrected chi connectivity index (χ4v) is 2.81. The van der Waals surface area contributed by atoms with Gasteiger partial charge in [0.2, 0.25) is 5.88 Å². The van der Waals surface area contributed by atoms with Gasteiger partial charge in [-0.2, -0.15) is 0 Å². The maximum absolute atomic E-state index is 12.4. The molecule has 13 heavy (non-hydrogen) atoms. The van der Waals surface area contributed by atoms with E-state index in [9.17, 15) is 8.78 Å². The minimum atomic E-state index is -2.49. The lowest BCUT2D eigenvalue weighted by Gasteiger charge is -2.07. The Hall–Kier alpha value is 0.270. The summed E-state index contributed by atoms with van der Waals surface area (Å²) in [7, 11) is 1.45. The van der Waals surface area contributed by atoms with Gasteiger partial charge >= 0.3 is 0 Å². The van der Waals surface area contributed by atoms with Crippen molar-refractivity contribution in [2.24, 2.45) is 0 Å². The highest BCUT2D eigenvalue weighted by molar-refractivity contribution is 14.1. The summed E-state index contributed by atoms with van der Waals surface area (Å²) in [5.41, 5.74) is -0.0259. The van der Waals surface area contributed by atoms with Crippen LogP contribution in [0, 0.1) is 7.27 Å². The molecule has 0 saturated carbocycles. The SMILES string of the molecule is COc1cc(I)c(C(F)F)c(I)n1. The summed E-state index contributed by atoms with van der Waals surface area (Å²) in [6.07, 6.45) is -2.49. The molecule has 0 amide bonds. The fraction of sp³-hybridized carbons (Fsp3) is 0.286. The summed E-state index contributed by atoms with van der Waals surface area (Å²) in [6.45, 7) is 0. The van der Waals surface area contributed by atoms with Crippen molar-refractivity contribution in [3.63, 3.8) is 0 Å². The van der Waals surface area contributed by atoms with Gasteiger partial charge in [-0.05, 0) is 45.2 Å². The average molecular weight is 411 g/mol. The van der Waals surface area contributed by atoms with Crippen LogP contribution in [0.1, 0.15) is 12.0 Å². The molecule has 0 aliphatic rings. The van der Waals surface area contributed by atoms with Gasteiger partial charge in [-0.25, -0.2) is 13.8 Å². The molecule has 0 aromatic carbocycles. The number of rotatable bonds is 2. The zero-order valence-corrected chi connectivity index (χ0v) is 10.8. The van der Waals surface area contributed by atoms with E-state index >= 15 is 0 Å². The summed E-state index contributed by atoms with van der Waals surface area (Å²) in [4.78, 5) is 3.85. The molecule has 0 N–H and O–H groups in total. The molecule has 1 rings (SSSR count). The highest BCUT2D eigenvalue weighted by Gasteiger charge is 2.17. The van der Waals surface area contributed by atoms with Gasteiger partial charge < -0.3 is 4.74 Å². The molecule has 72 valence electrons. The third kappa shape index (κ3) is 2.61. The molecule has 1 heterocycles. The fourth-order valence-electron chi connectivity index (χ4n) is 0.773. The van der Waals surface area contributed by atoms with Crippen LogP contribution in [-0.2, 0) is 0 Å². The van der Waals surface area contributed by atoms with E-state index in [-0.39, 0.29) is 9.26 Å². The van der Waals surface area contributed by atoms with E-state index in [0.717, 1.165) is 0 Å². The lowest BCUT2D eigenvalue weighted by atomic mass is 10.3. The van der Waals surface area contributed by atoms with E-state index in [2.05, 4.69) is 4.98 Å². The lowest BCUT2D eigenvalue weighted by molar-refractivity contribution is 0.148. The third-order valence-corrected chi connectivity index (χ3v) is 3.08. The van der Waals surface area contributed by atoms with Gasteiger partial charge in [0.1, 0.15) is 3.70 Å². The minimum absolute atomic E-state index is 0.0259. The van der Waals surface area contributed by atoms with Crippen LogP contribution in [0.4, 0.5) is 8.78 Å². The van der Waals surface area contributed by atoms with E-state index in [4.69, 9.17) is 4.74 Å². The summed E-state index contributed by atoms with van der Waals surface area (Å²) in [5, 5.41) is 0. The van der Waals surface area contributed by atoms with E-state index < -0.39 is 6.43 Å². The first-order chi connectivity index (χ1) is 6.06. The number of hydrogen-bond acceptors (Lipinski definition) is 2. The van der Waals surface area contributed by atoms with Crippen molar-refractivity contribution in [2.45, 2.75) is 6.43 Å². The Bertz CT molecular complexity index is 296. The van der Waals surface area contributed by atoms with Crippen LogP contribution in [0.5, 0.6) is 5.88 Å². The normalized spacial score (nSPS) is 10.6. The summed E-state index contributed by atoms with van der Waals surface area (Å²) >= 11 is 3.62. The summed E-state index contributed by atoms with van der Waals surface area (Å²) in [6, 6.07) is 1.49. The molecule has 2 nitrogen and oxygen atoms in total.